The van der Waals surface area contributed by atoms with Crippen LogP contribution in [-0.4, -0.2) is 36.0 Å². The van der Waals surface area contributed by atoms with E-state index < -0.39 is 0 Å². The van der Waals surface area contributed by atoms with E-state index in [1.54, 1.807) is 0 Å². The molecule has 0 bridgehead atoms. The Morgan fingerprint density at radius 3 is 2.38 bits per heavy atom. The third kappa shape index (κ3) is 4.43. The van der Waals surface area contributed by atoms with Crippen LogP contribution in [0.25, 0.3) is 16.3 Å². The first-order valence-electron chi connectivity index (χ1n) is 11.0. The van der Waals surface area contributed by atoms with E-state index in [0.29, 0.717) is 30.8 Å². The molecule has 5 heteroatoms. The Labute approximate surface area is 188 Å². The van der Waals surface area contributed by atoms with E-state index in [0.717, 1.165) is 27.6 Å². The van der Waals surface area contributed by atoms with Gasteiger partial charge in [-0.1, -0.05) is 66.2 Å². The fraction of sp³-hybridized carbons (Fsp3) is 0.259. The average Bonchev–Trinajstić information content (AvgIpc) is 3.01. The molecule has 1 N–H and O–H groups in total. The maximum atomic E-state index is 13.4. The van der Waals surface area contributed by atoms with Crippen LogP contribution in [0, 0.1) is 6.92 Å². The van der Waals surface area contributed by atoms with Crippen molar-refractivity contribution in [2.75, 3.05) is 18.5 Å². The number of benzene rings is 3. The van der Waals surface area contributed by atoms with Crippen LogP contribution in [0.4, 0.5) is 5.69 Å². The SMILES string of the molecule is Cc1ccc(C2=C(Nc3cccc4ccccc34)C(=O)N(CCCOC(C)C)C2=O)cc1. The lowest BCUT2D eigenvalue weighted by molar-refractivity contribution is -0.137. The van der Waals surface area contributed by atoms with Gasteiger partial charge in [0.15, 0.2) is 0 Å². The number of nitrogens with zero attached hydrogens (tertiary/aromatic N) is 1. The largest absolute Gasteiger partial charge is 0.379 e. The molecule has 3 aromatic carbocycles. The van der Waals surface area contributed by atoms with Crippen LogP contribution in [0.1, 0.15) is 31.4 Å². The normalized spacial score (nSPS) is 14.2. The van der Waals surface area contributed by atoms with Crippen LogP contribution in [0.2, 0.25) is 0 Å². The molecule has 32 heavy (non-hydrogen) atoms. The predicted molar refractivity (Wildman–Crippen MR) is 128 cm³/mol. The van der Waals surface area contributed by atoms with Crippen molar-refractivity contribution in [2.24, 2.45) is 0 Å². The van der Waals surface area contributed by atoms with E-state index >= 15 is 0 Å². The van der Waals surface area contributed by atoms with Crippen LogP contribution < -0.4 is 5.32 Å². The minimum Gasteiger partial charge on any atom is -0.379 e. The number of hydrogen-bond acceptors (Lipinski definition) is 4. The first kappa shape index (κ1) is 21.8. The van der Waals surface area contributed by atoms with Crippen molar-refractivity contribution in [3.05, 3.63) is 83.6 Å². The molecule has 1 aliphatic heterocycles. The van der Waals surface area contributed by atoms with Gasteiger partial charge in [0.25, 0.3) is 11.8 Å². The van der Waals surface area contributed by atoms with Gasteiger partial charge in [0.05, 0.1) is 11.7 Å². The van der Waals surface area contributed by atoms with Crippen molar-refractivity contribution >= 4 is 33.8 Å². The number of fused-ring (bicyclic) bond motifs is 1. The molecule has 0 fully saturated rings. The van der Waals surface area contributed by atoms with E-state index in [1.165, 1.54) is 4.90 Å². The third-order valence-electron chi connectivity index (χ3n) is 5.53. The number of carbonyl (C=O) groups is 2. The topological polar surface area (TPSA) is 58.6 Å². The van der Waals surface area contributed by atoms with E-state index in [4.69, 9.17) is 4.74 Å². The molecule has 164 valence electrons. The second-order valence-corrected chi connectivity index (χ2v) is 8.30. The molecule has 2 amide bonds. The minimum atomic E-state index is -0.303. The van der Waals surface area contributed by atoms with Crippen LogP contribution in [0.3, 0.4) is 0 Å². The molecule has 0 saturated carbocycles. The number of hydrogen-bond donors (Lipinski definition) is 1. The molecule has 0 atom stereocenters. The second kappa shape index (κ2) is 9.37. The summed E-state index contributed by atoms with van der Waals surface area (Å²) in [5.74, 6) is -0.575. The molecule has 1 aliphatic rings. The number of amides is 2. The quantitative estimate of drug-likeness (QED) is 0.398. The summed E-state index contributed by atoms with van der Waals surface area (Å²) >= 11 is 0. The average molecular weight is 429 g/mol. The lowest BCUT2D eigenvalue weighted by Gasteiger charge is -2.16. The van der Waals surface area contributed by atoms with Gasteiger partial charge in [-0.15, -0.1) is 0 Å². The summed E-state index contributed by atoms with van der Waals surface area (Å²) in [5, 5.41) is 5.36. The van der Waals surface area contributed by atoms with Crippen LogP contribution in [0.15, 0.2) is 72.4 Å². The van der Waals surface area contributed by atoms with Gasteiger partial charge in [-0.2, -0.15) is 0 Å². The maximum Gasteiger partial charge on any atom is 0.278 e. The van der Waals surface area contributed by atoms with Gasteiger partial charge in [-0.05, 0) is 44.2 Å². The molecule has 0 saturated heterocycles. The molecule has 0 aromatic heterocycles. The lowest BCUT2D eigenvalue weighted by Crippen LogP contribution is -2.34. The summed E-state index contributed by atoms with van der Waals surface area (Å²) in [6.07, 6.45) is 0.711. The highest BCUT2D eigenvalue weighted by molar-refractivity contribution is 6.36. The zero-order chi connectivity index (χ0) is 22.7. The Morgan fingerprint density at radius 1 is 0.906 bits per heavy atom. The van der Waals surface area contributed by atoms with Crippen LogP contribution in [0.5, 0.6) is 0 Å². The van der Waals surface area contributed by atoms with E-state index in [1.807, 2.05) is 87.5 Å². The number of rotatable bonds is 8. The number of aryl methyl sites for hydroxylation is 1. The molecular formula is C27H28N2O3. The molecular weight excluding hydrogens is 400 g/mol. The van der Waals surface area contributed by atoms with Gasteiger partial charge in [-0.25, -0.2) is 0 Å². The fourth-order valence-corrected chi connectivity index (χ4v) is 3.89. The number of nitrogens with one attached hydrogen (secondary N) is 1. The predicted octanol–water partition coefficient (Wildman–Crippen LogP) is 5.16. The number of anilines is 1. The van der Waals surface area contributed by atoms with E-state index in [2.05, 4.69) is 5.32 Å². The summed E-state index contributed by atoms with van der Waals surface area (Å²) in [5.41, 5.74) is 3.36. The highest BCUT2D eigenvalue weighted by atomic mass is 16.5. The highest BCUT2D eigenvalue weighted by Crippen LogP contribution is 2.33. The zero-order valence-electron chi connectivity index (χ0n) is 18.7. The Balaban J connectivity index is 1.70. The Kier molecular flexibility index (Phi) is 6.37. The molecule has 0 aliphatic carbocycles. The molecule has 0 radical (unpaired) electrons. The monoisotopic (exact) mass is 428 g/mol. The van der Waals surface area contributed by atoms with Gasteiger partial charge in [0.2, 0.25) is 0 Å². The summed E-state index contributed by atoms with van der Waals surface area (Å²) in [7, 11) is 0. The number of imide groups is 1. The number of ether oxygens (including phenoxy) is 1. The van der Waals surface area contributed by atoms with Gasteiger partial charge in [0.1, 0.15) is 5.70 Å². The Morgan fingerprint density at radius 2 is 1.62 bits per heavy atom. The highest BCUT2D eigenvalue weighted by Gasteiger charge is 2.39. The third-order valence-corrected chi connectivity index (χ3v) is 5.53. The van der Waals surface area contributed by atoms with Crippen molar-refractivity contribution in [1.29, 1.82) is 0 Å². The fourth-order valence-electron chi connectivity index (χ4n) is 3.89. The summed E-state index contributed by atoms with van der Waals surface area (Å²) in [4.78, 5) is 28.1. The second-order valence-electron chi connectivity index (χ2n) is 8.30. The molecule has 0 spiro atoms. The van der Waals surface area contributed by atoms with Gasteiger partial charge < -0.3 is 10.1 Å². The first-order chi connectivity index (χ1) is 15.5. The zero-order valence-corrected chi connectivity index (χ0v) is 18.7. The summed E-state index contributed by atoms with van der Waals surface area (Å²) in [6.45, 7) is 6.75. The Hall–Kier alpha value is -3.44. The smallest absolute Gasteiger partial charge is 0.278 e. The van der Waals surface area contributed by atoms with E-state index in [-0.39, 0.29) is 17.9 Å². The van der Waals surface area contributed by atoms with Crippen molar-refractivity contribution < 1.29 is 14.3 Å². The molecule has 3 aromatic rings. The van der Waals surface area contributed by atoms with Gasteiger partial charge in [0, 0.05) is 24.2 Å². The van der Waals surface area contributed by atoms with Gasteiger partial charge >= 0.3 is 0 Å². The maximum absolute atomic E-state index is 13.4. The molecule has 4 rings (SSSR count). The standard InChI is InChI=1S/C27H28N2O3/c1-18(2)32-17-7-16-29-26(30)24(21-14-12-19(3)13-15-21)25(27(29)31)28-23-11-6-9-20-8-4-5-10-22(20)23/h4-6,8-15,18,28H,7,16-17H2,1-3H3. The van der Waals surface area contributed by atoms with Crippen molar-refractivity contribution in [3.63, 3.8) is 0 Å². The summed E-state index contributed by atoms with van der Waals surface area (Å²) in [6, 6.07) is 21.6. The van der Waals surface area contributed by atoms with Crippen LogP contribution in [-0.2, 0) is 14.3 Å². The molecule has 1 heterocycles. The van der Waals surface area contributed by atoms with Crippen molar-refractivity contribution in [3.8, 4) is 0 Å². The lowest BCUT2D eigenvalue weighted by atomic mass is 10.0. The van der Waals surface area contributed by atoms with Crippen molar-refractivity contribution in [1.82, 2.24) is 4.90 Å². The number of carbonyl (C=O) groups excluding carboxylic acids is 2. The molecule has 5 nitrogen and oxygen atoms in total. The van der Waals surface area contributed by atoms with E-state index in [9.17, 15) is 9.59 Å². The summed E-state index contributed by atoms with van der Waals surface area (Å²) < 4.78 is 5.59. The van der Waals surface area contributed by atoms with Crippen molar-refractivity contribution in [2.45, 2.75) is 33.3 Å². The minimum absolute atomic E-state index is 0.116. The Bertz CT molecular complexity index is 1170. The molecule has 0 unspecified atom stereocenters. The van der Waals surface area contributed by atoms with Gasteiger partial charge in [-0.3, -0.25) is 14.5 Å². The van der Waals surface area contributed by atoms with Crippen LogP contribution >= 0.6 is 0 Å². The first-order valence-corrected chi connectivity index (χ1v) is 11.0.